The molecule has 0 amide bonds. The van der Waals surface area contributed by atoms with Gasteiger partial charge in [0.2, 0.25) is 0 Å². The van der Waals surface area contributed by atoms with Crippen LogP contribution in [0.2, 0.25) is 0 Å². The van der Waals surface area contributed by atoms with Gasteiger partial charge in [0.15, 0.2) is 0 Å². The number of benzene rings is 5. The molecular weight excluding hydrogens is 478 g/mol. The van der Waals surface area contributed by atoms with Crippen LogP contribution in [-0.4, -0.2) is 0 Å². The van der Waals surface area contributed by atoms with E-state index < -0.39 is 0 Å². The van der Waals surface area contributed by atoms with Crippen molar-refractivity contribution in [2.45, 2.75) is 0 Å². The fourth-order valence-electron chi connectivity index (χ4n) is 4.46. The van der Waals surface area contributed by atoms with Crippen LogP contribution in [0.3, 0.4) is 0 Å². The first-order valence-electron chi connectivity index (χ1n) is 12.1. The summed E-state index contributed by atoms with van der Waals surface area (Å²) in [6.07, 6.45) is 0. The first-order valence-corrected chi connectivity index (χ1v) is 12.1. The summed E-state index contributed by atoms with van der Waals surface area (Å²) in [6, 6.07) is 44.5. The molecule has 0 saturated heterocycles. The van der Waals surface area contributed by atoms with Gasteiger partial charge in [-0.3, -0.25) is 0 Å². The van der Waals surface area contributed by atoms with Gasteiger partial charge in [0, 0.05) is 17.1 Å². The third-order valence-corrected chi connectivity index (χ3v) is 6.34. The molecule has 0 spiro atoms. The van der Waals surface area contributed by atoms with Crippen LogP contribution in [0.1, 0.15) is 22.3 Å². The first kappa shape index (κ1) is 24.5. The van der Waals surface area contributed by atoms with E-state index in [2.05, 4.69) is 24.3 Å². The molecule has 5 rings (SSSR count). The highest BCUT2D eigenvalue weighted by Crippen LogP contribution is 2.37. The van der Waals surface area contributed by atoms with Crippen LogP contribution in [0.5, 0.6) is 0 Å². The Morgan fingerprint density at radius 1 is 0.359 bits per heavy atom. The number of anilines is 3. The van der Waals surface area contributed by atoms with Crippen molar-refractivity contribution in [1.29, 1.82) is 21.0 Å². The largest absolute Gasteiger partial charge is 0.310 e. The molecule has 0 aliphatic rings. The lowest BCUT2D eigenvalue weighted by Gasteiger charge is -2.26. The third-order valence-electron chi connectivity index (χ3n) is 6.34. The summed E-state index contributed by atoms with van der Waals surface area (Å²) >= 11 is 0. The zero-order valence-electron chi connectivity index (χ0n) is 20.7. The van der Waals surface area contributed by atoms with Gasteiger partial charge in [0.25, 0.3) is 0 Å². The Labute approximate surface area is 226 Å². The van der Waals surface area contributed by atoms with Gasteiger partial charge in [-0.25, -0.2) is 0 Å². The van der Waals surface area contributed by atoms with Crippen molar-refractivity contribution in [1.82, 2.24) is 0 Å². The molecule has 5 aromatic rings. The lowest BCUT2D eigenvalue weighted by atomic mass is 10.0. The summed E-state index contributed by atoms with van der Waals surface area (Å²) in [5.74, 6) is 0. The highest BCUT2D eigenvalue weighted by molar-refractivity contribution is 5.81. The molecule has 0 aliphatic carbocycles. The van der Waals surface area contributed by atoms with E-state index in [1.54, 1.807) is 30.3 Å². The van der Waals surface area contributed by atoms with Crippen molar-refractivity contribution in [3.05, 3.63) is 138 Å². The SMILES string of the molecule is N#Cc1cccc(-c2ccc(N(c3ccc(-c4cccc(C#N)c4)cc3)c3cc(C#N)cc(C#N)c3)cc2)c1. The topological polar surface area (TPSA) is 98.4 Å². The monoisotopic (exact) mass is 497 g/mol. The Hall–Kier alpha value is -6.14. The standard InChI is InChI=1S/C34H19N5/c35-20-24-3-1-5-30(16-24)28-7-11-32(12-8-28)39(34-18-26(22-37)15-27(19-34)23-38)33-13-9-29(10-14-33)31-6-2-4-25(17-31)21-36/h1-19H. The minimum absolute atomic E-state index is 0.393. The van der Waals surface area contributed by atoms with Crippen LogP contribution >= 0.6 is 0 Å². The normalized spacial score (nSPS) is 9.95. The van der Waals surface area contributed by atoms with Crippen LogP contribution in [0.15, 0.2) is 115 Å². The molecule has 0 radical (unpaired) electrons. The summed E-state index contributed by atoms with van der Waals surface area (Å²) in [5.41, 5.74) is 8.15. The van der Waals surface area contributed by atoms with Crippen molar-refractivity contribution >= 4 is 17.1 Å². The van der Waals surface area contributed by atoms with Crippen LogP contribution in [-0.2, 0) is 0 Å². The van der Waals surface area contributed by atoms with E-state index in [1.807, 2.05) is 89.8 Å². The molecule has 0 aliphatic heterocycles. The zero-order valence-corrected chi connectivity index (χ0v) is 20.7. The maximum atomic E-state index is 9.59. The van der Waals surface area contributed by atoms with E-state index in [0.29, 0.717) is 27.9 Å². The van der Waals surface area contributed by atoms with E-state index in [0.717, 1.165) is 33.6 Å². The van der Waals surface area contributed by atoms with Crippen LogP contribution in [0.4, 0.5) is 17.1 Å². The molecule has 0 bridgehead atoms. The predicted octanol–water partition coefficient (Wildman–Crippen LogP) is 7.98. The molecule has 0 saturated carbocycles. The van der Waals surface area contributed by atoms with E-state index in [1.165, 1.54) is 0 Å². The van der Waals surface area contributed by atoms with Crippen molar-refractivity contribution < 1.29 is 0 Å². The predicted molar refractivity (Wildman–Crippen MR) is 151 cm³/mol. The van der Waals surface area contributed by atoms with Crippen LogP contribution in [0.25, 0.3) is 22.3 Å². The van der Waals surface area contributed by atoms with Gasteiger partial charge in [-0.15, -0.1) is 0 Å². The van der Waals surface area contributed by atoms with Gasteiger partial charge in [0.1, 0.15) is 0 Å². The van der Waals surface area contributed by atoms with E-state index in [9.17, 15) is 21.0 Å². The smallest absolute Gasteiger partial charge is 0.0992 e. The second-order valence-electron chi connectivity index (χ2n) is 8.81. The molecule has 5 heteroatoms. The number of hydrogen-bond donors (Lipinski definition) is 0. The Morgan fingerprint density at radius 3 is 1.15 bits per heavy atom. The second kappa shape index (κ2) is 10.9. The molecule has 0 heterocycles. The van der Waals surface area contributed by atoms with E-state index >= 15 is 0 Å². The maximum absolute atomic E-state index is 9.59. The van der Waals surface area contributed by atoms with Gasteiger partial charge in [-0.05, 0) is 89.0 Å². The minimum atomic E-state index is 0.393. The second-order valence-corrected chi connectivity index (χ2v) is 8.81. The Bertz CT molecular complexity index is 1710. The third kappa shape index (κ3) is 5.21. The average Bonchev–Trinajstić information content (AvgIpc) is 3.01. The van der Waals surface area contributed by atoms with Gasteiger partial charge in [-0.2, -0.15) is 21.0 Å². The highest BCUT2D eigenvalue weighted by atomic mass is 15.1. The summed E-state index contributed by atoms with van der Waals surface area (Å²) in [5, 5.41) is 37.7. The lowest BCUT2D eigenvalue weighted by molar-refractivity contribution is 1.27. The number of nitrogens with zero attached hydrogens (tertiary/aromatic N) is 5. The van der Waals surface area contributed by atoms with Crippen molar-refractivity contribution in [2.24, 2.45) is 0 Å². The fourth-order valence-corrected chi connectivity index (χ4v) is 4.46. The summed E-state index contributed by atoms with van der Waals surface area (Å²) in [4.78, 5) is 1.99. The molecule has 5 nitrogen and oxygen atoms in total. The molecule has 0 atom stereocenters. The Morgan fingerprint density at radius 2 is 0.769 bits per heavy atom. The van der Waals surface area contributed by atoms with Crippen LogP contribution < -0.4 is 4.90 Å². The average molecular weight is 498 g/mol. The number of nitriles is 4. The Kier molecular flexibility index (Phi) is 6.84. The quantitative estimate of drug-likeness (QED) is 0.245. The van der Waals surface area contributed by atoms with Gasteiger partial charge < -0.3 is 4.90 Å². The molecular formula is C34H19N5. The number of rotatable bonds is 5. The van der Waals surface area contributed by atoms with Crippen LogP contribution in [0, 0.1) is 45.3 Å². The first-order chi connectivity index (χ1) is 19.1. The summed E-state index contributed by atoms with van der Waals surface area (Å²) in [7, 11) is 0. The Balaban J connectivity index is 1.59. The molecule has 5 aromatic carbocycles. The molecule has 0 N–H and O–H groups in total. The molecule has 0 unspecified atom stereocenters. The highest BCUT2D eigenvalue weighted by Gasteiger charge is 2.15. The maximum Gasteiger partial charge on any atom is 0.0992 e. The fraction of sp³-hybridized carbons (Fsp3) is 0. The molecule has 39 heavy (non-hydrogen) atoms. The molecule has 0 aromatic heterocycles. The summed E-state index contributed by atoms with van der Waals surface area (Å²) < 4.78 is 0. The van der Waals surface area contributed by atoms with Crippen molar-refractivity contribution in [2.75, 3.05) is 4.90 Å². The van der Waals surface area contributed by atoms with Gasteiger partial charge >= 0.3 is 0 Å². The van der Waals surface area contributed by atoms with Crippen molar-refractivity contribution in [3.8, 4) is 46.5 Å². The summed E-state index contributed by atoms with van der Waals surface area (Å²) in [6.45, 7) is 0. The molecule has 180 valence electrons. The van der Waals surface area contributed by atoms with Gasteiger partial charge in [0.05, 0.1) is 46.5 Å². The zero-order chi connectivity index (χ0) is 27.2. The van der Waals surface area contributed by atoms with E-state index in [4.69, 9.17) is 0 Å². The minimum Gasteiger partial charge on any atom is -0.310 e. The van der Waals surface area contributed by atoms with Crippen molar-refractivity contribution in [3.63, 3.8) is 0 Å². The number of hydrogen-bond acceptors (Lipinski definition) is 5. The molecule has 0 fully saturated rings. The van der Waals surface area contributed by atoms with Gasteiger partial charge in [-0.1, -0.05) is 48.5 Å². The lowest BCUT2D eigenvalue weighted by Crippen LogP contribution is -2.10. The van der Waals surface area contributed by atoms with E-state index in [-0.39, 0.29) is 0 Å².